The molecule has 0 saturated carbocycles. The van der Waals surface area contributed by atoms with Gasteiger partial charge in [0.1, 0.15) is 5.92 Å². The number of aliphatic carboxylic acids is 1. The Bertz CT molecular complexity index is 575. The maximum absolute atomic E-state index is 11.1. The van der Waals surface area contributed by atoms with E-state index < -0.39 is 11.9 Å². The van der Waals surface area contributed by atoms with Crippen LogP contribution in [-0.2, 0) is 4.79 Å². The molecule has 4 N–H and O–H groups in total. The first-order valence-electron chi connectivity index (χ1n) is 15.9. The van der Waals surface area contributed by atoms with E-state index in [1.165, 1.54) is 38.5 Å². The van der Waals surface area contributed by atoms with Crippen molar-refractivity contribution < 1.29 is 77.0 Å². The number of carbonyl (C=O) groups is 1. The van der Waals surface area contributed by atoms with E-state index in [-0.39, 0.29) is 80.9 Å². The fraction of sp³-hybridized carbons (Fsp3) is 0.909. The van der Waals surface area contributed by atoms with Crippen LogP contribution in [0.25, 0.3) is 0 Å². The van der Waals surface area contributed by atoms with Gasteiger partial charge in [0.15, 0.2) is 0 Å². The van der Waals surface area contributed by atoms with Crippen LogP contribution in [0, 0.1) is 39.4 Å². The third-order valence-corrected chi connectivity index (χ3v) is 7.76. The Balaban J connectivity index is -0.000000178. The molecule has 0 aromatic carbocycles. The zero-order valence-corrected chi connectivity index (χ0v) is 31.1. The number of carboxylic acids is 1. The van der Waals surface area contributed by atoms with Crippen molar-refractivity contribution in [1.82, 2.24) is 0 Å². The summed E-state index contributed by atoms with van der Waals surface area (Å²) in [7, 11) is 0. The molecule has 0 atom stereocenters. The largest absolute Gasteiger partial charge is 1.00 e. The molecule has 0 aromatic heterocycles. The van der Waals surface area contributed by atoms with Crippen molar-refractivity contribution in [2.75, 3.05) is 13.2 Å². The Morgan fingerprint density at radius 3 is 1.10 bits per heavy atom. The second-order valence-corrected chi connectivity index (χ2v) is 11.2. The van der Waals surface area contributed by atoms with Crippen LogP contribution >= 0.6 is 0 Å². The van der Waals surface area contributed by atoms with Gasteiger partial charge in [-0.25, -0.2) is 0 Å². The van der Waals surface area contributed by atoms with Gasteiger partial charge in [0.25, 0.3) is 0 Å². The molecule has 0 heterocycles. The molecule has 0 unspecified atom stereocenters. The predicted octanol–water partition coefficient (Wildman–Crippen LogP) is 6.02. The molecule has 0 aliphatic rings. The van der Waals surface area contributed by atoms with Crippen LogP contribution in [0.5, 0.6) is 0 Å². The summed E-state index contributed by atoms with van der Waals surface area (Å²) in [6.45, 7) is 12.8. The summed E-state index contributed by atoms with van der Waals surface area (Å²) in [6, 6.07) is 4.52. The molecule has 0 amide bonds. The average Bonchev–Trinajstić information content (AvgIpc) is 2.95. The molecule has 238 valence electrons. The molecular formula is C33H65KN2O5. The van der Waals surface area contributed by atoms with Crippen LogP contribution in [-0.4, -0.2) is 40.0 Å². The van der Waals surface area contributed by atoms with Gasteiger partial charge < -0.3 is 20.8 Å². The molecule has 41 heavy (non-hydrogen) atoms. The number of hydrogen-bond donors (Lipinski definition) is 3. The van der Waals surface area contributed by atoms with E-state index >= 15 is 0 Å². The summed E-state index contributed by atoms with van der Waals surface area (Å²) >= 11 is 0. The van der Waals surface area contributed by atoms with Gasteiger partial charge >= 0.3 is 57.4 Å². The van der Waals surface area contributed by atoms with E-state index in [0.29, 0.717) is 6.42 Å². The molecule has 0 spiro atoms. The smallest absolute Gasteiger partial charge is 0.870 e. The summed E-state index contributed by atoms with van der Waals surface area (Å²) < 4.78 is 0. The molecule has 0 fully saturated rings. The molecule has 7 nitrogen and oxygen atoms in total. The van der Waals surface area contributed by atoms with Crippen LogP contribution in [0.1, 0.15) is 164 Å². The van der Waals surface area contributed by atoms with Crippen molar-refractivity contribution in [3.63, 3.8) is 0 Å². The number of aliphatic hydroxyl groups excluding tert-OH is 2. The topological polar surface area (TPSA) is 155 Å². The molecule has 0 aliphatic heterocycles. The van der Waals surface area contributed by atoms with Crippen LogP contribution in [0.4, 0.5) is 0 Å². The van der Waals surface area contributed by atoms with Crippen molar-refractivity contribution >= 4 is 5.97 Å². The number of hydrogen-bond acceptors (Lipinski definition) is 6. The molecule has 0 saturated heterocycles. The monoisotopic (exact) mass is 608 g/mol. The van der Waals surface area contributed by atoms with Crippen molar-refractivity contribution in [3.8, 4) is 12.1 Å². The van der Waals surface area contributed by atoms with E-state index in [1.54, 1.807) is 0 Å². The standard InChI is InChI=1S/C16H28N2.C15H30O2.C2H6O2.K.H2O/c1-4-7-10-16(11-8-5-2,12-9-6-3)15(13-17)14-18;1-4-7-10-15(11-8-5-2,12-9-6-3)13-14(16)17;3-1-2-4;;/h15H,4-12H2,1-3H3;4-13H2,1-3H3,(H,16,17);3-4H,1-2H2;;1H2/q;;;+1;/p-1. The van der Waals surface area contributed by atoms with Crippen molar-refractivity contribution in [3.05, 3.63) is 0 Å². The van der Waals surface area contributed by atoms with Crippen LogP contribution in [0.15, 0.2) is 0 Å². The summed E-state index contributed by atoms with van der Waals surface area (Å²) in [5.74, 6) is -1.05. The Labute approximate surface area is 296 Å². The molecule has 0 aliphatic carbocycles. The first-order chi connectivity index (χ1) is 18.7. The summed E-state index contributed by atoms with van der Waals surface area (Å²) in [4.78, 5) is 11.1. The van der Waals surface area contributed by atoms with E-state index in [2.05, 4.69) is 53.7 Å². The molecular weight excluding hydrogens is 543 g/mol. The summed E-state index contributed by atoms with van der Waals surface area (Å²) in [5, 5.41) is 43.0. The SMILES string of the molecule is CCCCC(CCCC)(CCCC)C(C#N)C#N.CCCCC(CCCC)(CCCC)CC(=O)O.OCCO.[K+].[OH-]. The van der Waals surface area contributed by atoms with E-state index in [9.17, 15) is 15.3 Å². The molecule has 0 radical (unpaired) electrons. The predicted molar refractivity (Wildman–Crippen MR) is 165 cm³/mol. The molecule has 0 bridgehead atoms. The quantitative estimate of drug-likeness (QED) is 0.127. The summed E-state index contributed by atoms with van der Waals surface area (Å²) in [6.07, 6.45) is 20.6. The zero-order chi connectivity index (χ0) is 30.4. The van der Waals surface area contributed by atoms with Crippen LogP contribution in [0.2, 0.25) is 0 Å². The van der Waals surface area contributed by atoms with Gasteiger partial charge in [0.2, 0.25) is 0 Å². The van der Waals surface area contributed by atoms with Crippen LogP contribution in [0.3, 0.4) is 0 Å². The summed E-state index contributed by atoms with van der Waals surface area (Å²) in [5.41, 5.74) is 0.0272. The number of nitrogens with zero attached hydrogens (tertiary/aromatic N) is 2. The third kappa shape index (κ3) is 27.3. The second-order valence-electron chi connectivity index (χ2n) is 11.2. The molecule has 0 rings (SSSR count). The van der Waals surface area contributed by atoms with Gasteiger partial charge in [-0.1, -0.05) is 119 Å². The van der Waals surface area contributed by atoms with E-state index in [4.69, 9.17) is 15.3 Å². The zero-order valence-electron chi connectivity index (χ0n) is 28.0. The van der Waals surface area contributed by atoms with Crippen molar-refractivity contribution in [2.24, 2.45) is 16.7 Å². The van der Waals surface area contributed by atoms with Gasteiger partial charge in [-0.2, -0.15) is 10.5 Å². The number of unbranched alkanes of at least 4 members (excludes halogenated alkanes) is 6. The van der Waals surface area contributed by atoms with Gasteiger partial charge in [-0.3, -0.25) is 4.79 Å². The van der Waals surface area contributed by atoms with Crippen LogP contribution < -0.4 is 51.4 Å². The number of rotatable bonds is 22. The molecule has 8 heteroatoms. The van der Waals surface area contributed by atoms with Gasteiger partial charge in [0, 0.05) is 0 Å². The maximum Gasteiger partial charge on any atom is 1.00 e. The number of carboxylic acid groups (broad SMARTS) is 1. The fourth-order valence-corrected chi connectivity index (χ4v) is 5.31. The second kappa shape index (κ2) is 36.2. The first kappa shape index (κ1) is 50.6. The van der Waals surface area contributed by atoms with Gasteiger partial charge in [0.05, 0.1) is 31.8 Å². The number of nitriles is 2. The average molecular weight is 609 g/mol. The minimum absolute atomic E-state index is 0. The van der Waals surface area contributed by atoms with Crippen molar-refractivity contribution in [1.29, 1.82) is 10.5 Å². The normalized spacial score (nSPS) is 10.5. The van der Waals surface area contributed by atoms with E-state index in [1.807, 2.05) is 0 Å². The van der Waals surface area contributed by atoms with Gasteiger partial charge in [-0.05, 0) is 49.4 Å². The minimum atomic E-state index is -0.617. The Hall–Kier alpha value is -0.0336. The van der Waals surface area contributed by atoms with E-state index in [0.717, 1.165) is 77.0 Å². The fourth-order valence-electron chi connectivity index (χ4n) is 5.31. The third-order valence-electron chi connectivity index (χ3n) is 7.76. The Morgan fingerprint density at radius 1 is 0.634 bits per heavy atom. The number of aliphatic hydroxyl groups is 2. The Morgan fingerprint density at radius 2 is 0.902 bits per heavy atom. The van der Waals surface area contributed by atoms with Crippen molar-refractivity contribution in [2.45, 2.75) is 164 Å². The van der Waals surface area contributed by atoms with Gasteiger partial charge in [-0.15, -0.1) is 0 Å². The minimum Gasteiger partial charge on any atom is -0.870 e. The maximum atomic E-state index is 11.1. The Kier molecular flexibility index (Phi) is 44.6. The first-order valence-corrected chi connectivity index (χ1v) is 15.9. The molecule has 0 aromatic rings.